The third kappa shape index (κ3) is 3.81. The molecule has 0 spiro atoms. The first-order valence-electron chi connectivity index (χ1n) is 5.20. The summed E-state index contributed by atoms with van der Waals surface area (Å²) in [6.45, 7) is 2.02. The van der Waals surface area contributed by atoms with Crippen LogP contribution in [0.15, 0.2) is 15.4 Å². The molecule has 0 aliphatic carbocycles. The number of rotatable bonds is 7. The molecule has 0 amide bonds. The summed E-state index contributed by atoms with van der Waals surface area (Å²) in [6, 6.07) is 1.33. The fraction of sp³-hybridized carbons (Fsp3) is 0.600. The van der Waals surface area contributed by atoms with Gasteiger partial charge in [-0.15, -0.1) is 0 Å². The lowest BCUT2D eigenvalue weighted by Gasteiger charge is -2.04. The van der Waals surface area contributed by atoms with Crippen LogP contribution in [0.3, 0.4) is 0 Å². The Kier molecular flexibility index (Phi) is 5.13. The monoisotopic (exact) mass is 263 g/mol. The van der Waals surface area contributed by atoms with Crippen molar-refractivity contribution in [3.8, 4) is 0 Å². The average molecular weight is 263 g/mol. The van der Waals surface area contributed by atoms with Crippen LogP contribution in [0.5, 0.6) is 0 Å². The van der Waals surface area contributed by atoms with Crippen molar-refractivity contribution in [1.29, 1.82) is 0 Å². The second-order valence-electron chi connectivity index (χ2n) is 3.54. The summed E-state index contributed by atoms with van der Waals surface area (Å²) in [4.78, 5) is 0.0685. The van der Waals surface area contributed by atoms with Gasteiger partial charge in [0.05, 0.1) is 0 Å². The quantitative estimate of drug-likeness (QED) is 0.695. The normalized spacial score (nSPS) is 11.9. The minimum atomic E-state index is -3.57. The first-order chi connectivity index (χ1) is 8.01. The predicted molar refractivity (Wildman–Crippen MR) is 61.0 cm³/mol. The van der Waals surface area contributed by atoms with Gasteiger partial charge in [0.25, 0.3) is 0 Å². The van der Waals surface area contributed by atoms with Crippen molar-refractivity contribution in [2.45, 2.75) is 24.8 Å². The van der Waals surface area contributed by atoms with Gasteiger partial charge in [-0.2, -0.15) is 0 Å². The molecule has 98 valence electrons. The molecule has 0 aliphatic heterocycles. The van der Waals surface area contributed by atoms with Gasteiger partial charge in [0.2, 0.25) is 10.0 Å². The van der Waals surface area contributed by atoms with E-state index in [1.807, 2.05) is 0 Å². The van der Waals surface area contributed by atoms with E-state index in [1.165, 1.54) is 6.07 Å². The van der Waals surface area contributed by atoms with E-state index in [0.29, 0.717) is 19.6 Å². The molecule has 1 aromatic heterocycles. The highest BCUT2D eigenvalue weighted by Gasteiger charge is 2.20. The lowest BCUT2D eigenvalue weighted by molar-refractivity contribution is 0.196. The van der Waals surface area contributed by atoms with E-state index in [-0.39, 0.29) is 23.0 Å². The third-order valence-corrected chi connectivity index (χ3v) is 3.75. The lowest BCUT2D eigenvalue weighted by Crippen LogP contribution is -2.25. The smallest absolute Gasteiger partial charge is 0.244 e. The molecule has 0 radical (unpaired) electrons. The highest BCUT2D eigenvalue weighted by Crippen LogP contribution is 2.19. The Labute approximate surface area is 101 Å². The molecule has 0 aromatic carbocycles. The summed E-state index contributed by atoms with van der Waals surface area (Å²) in [5.74, 6) is 0.507. The fourth-order valence-corrected chi connectivity index (χ4v) is 2.65. The molecule has 2 N–H and O–H groups in total. The molecule has 6 nitrogen and oxygen atoms in total. The molecular weight excluding hydrogens is 246 g/mol. The van der Waals surface area contributed by atoms with Crippen LogP contribution in [-0.4, -0.2) is 33.8 Å². The Balaban J connectivity index is 2.72. The number of aliphatic hydroxyl groups is 1. The zero-order chi connectivity index (χ0) is 12.9. The molecule has 7 heteroatoms. The van der Waals surface area contributed by atoms with Gasteiger partial charge in [-0.3, -0.25) is 0 Å². The molecule has 0 fully saturated rings. The number of aryl methyl sites for hydroxylation is 1. The number of methoxy groups -OCH3 is 1. The minimum absolute atomic E-state index is 0.0685. The fourth-order valence-electron chi connectivity index (χ4n) is 1.37. The number of hydrogen-bond acceptors (Lipinski definition) is 5. The van der Waals surface area contributed by atoms with Crippen LogP contribution in [-0.2, 0) is 21.4 Å². The van der Waals surface area contributed by atoms with Crippen molar-refractivity contribution < 1.29 is 22.7 Å². The van der Waals surface area contributed by atoms with Gasteiger partial charge < -0.3 is 14.3 Å². The summed E-state index contributed by atoms with van der Waals surface area (Å²) < 4.78 is 36.0. The number of nitrogens with one attached hydrogen (secondary N) is 1. The zero-order valence-corrected chi connectivity index (χ0v) is 10.7. The van der Waals surface area contributed by atoms with E-state index < -0.39 is 10.0 Å². The summed E-state index contributed by atoms with van der Waals surface area (Å²) in [7, 11) is -2.01. The molecule has 0 aliphatic rings. The summed E-state index contributed by atoms with van der Waals surface area (Å²) in [5, 5.41) is 8.86. The van der Waals surface area contributed by atoms with Gasteiger partial charge in [0.1, 0.15) is 23.0 Å². The highest BCUT2D eigenvalue weighted by molar-refractivity contribution is 7.89. The standard InChI is InChI=1S/C10H17NO5S/c1-8-10(6-9(7-12)16-8)17(13,14)11-4-3-5-15-2/h6,11-12H,3-5,7H2,1-2H3. The Morgan fingerprint density at radius 1 is 1.53 bits per heavy atom. The average Bonchev–Trinajstić information content (AvgIpc) is 2.67. The van der Waals surface area contributed by atoms with Gasteiger partial charge in [-0.1, -0.05) is 0 Å². The van der Waals surface area contributed by atoms with E-state index >= 15 is 0 Å². The van der Waals surface area contributed by atoms with E-state index in [0.717, 1.165) is 0 Å². The Hall–Kier alpha value is -0.890. The topological polar surface area (TPSA) is 88.8 Å². The van der Waals surface area contributed by atoms with Crippen LogP contribution in [0.25, 0.3) is 0 Å². The molecule has 0 unspecified atom stereocenters. The number of hydrogen-bond donors (Lipinski definition) is 2. The molecule has 0 saturated heterocycles. The number of furan rings is 1. The van der Waals surface area contributed by atoms with Crippen LogP contribution >= 0.6 is 0 Å². The maximum atomic E-state index is 11.9. The van der Waals surface area contributed by atoms with Crippen molar-refractivity contribution >= 4 is 10.0 Å². The van der Waals surface area contributed by atoms with Crippen LogP contribution in [0, 0.1) is 6.92 Å². The maximum Gasteiger partial charge on any atom is 0.244 e. The van der Waals surface area contributed by atoms with E-state index in [1.54, 1.807) is 14.0 Å². The van der Waals surface area contributed by atoms with Crippen molar-refractivity contribution in [3.05, 3.63) is 17.6 Å². The van der Waals surface area contributed by atoms with Gasteiger partial charge in [-0.25, -0.2) is 13.1 Å². The predicted octanol–water partition coefficient (Wildman–Crippen LogP) is 0.395. The second-order valence-corrected chi connectivity index (χ2v) is 5.27. The largest absolute Gasteiger partial charge is 0.462 e. The molecular formula is C10H17NO5S. The van der Waals surface area contributed by atoms with Gasteiger partial charge in [0, 0.05) is 26.3 Å². The number of sulfonamides is 1. The first kappa shape index (κ1) is 14.2. The minimum Gasteiger partial charge on any atom is -0.462 e. The van der Waals surface area contributed by atoms with Gasteiger partial charge in [0.15, 0.2) is 0 Å². The zero-order valence-electron chi connectivity index (χ0n) is 9.89. The SMILES string of the molecule is COCCCNS(=O)(=O)c1cc(CO)oc1C. The second kappa shape index (κ2) is 6.15. The number of ether oxygens (including phenoxy) is 1. The van der Waals surface area contributed by atoms with Crippen LogP contribution < -0.4 is 4.72 Å². The molecule has 0 atom stereocenters. The van der Waals surface area contributed by atoms with Gasteiger partial charge >= 0.3 is 0 Å². The van der Waals surface area contributed by atoms with Crippen molar-refractivity contribution in [2.24, 2.45) is 0 Å². The third-order valence-electron chi connectivity index (χ3n) is 2.19. The van der Waals surface area contributed by atoms with Crippen molar-refractivity contribution in [3.63, 3.8) is 0 Å². The van der Waals surface area contributed by atoms with Gasteiger partial charge in [-0.05, 0) is 13.3 Å². The van der Waals surface area contributed by atoms with E-state index in [4.69, 9.17) is 14.3 Å². The summed E-state index contributed by atoms with van der Waals surface area (Å²) in [5.41, 5.74) is 0. The lowest BCUT2D eigenvalue weighted by atomic mass is 10.4. The molecule has 1 heterocycles. The van der Waals surface area contributed by atoms with Crippen molar-refractivity contribution in [2.75, 3.05) is 20.3 Å². The molecule has 0 saturated carbocycles. The van der Waals surface area contributed by atoms with E-state index in [2.05, 4.69) is 4.72 Å². The van der Waals surface area contributed by atoms with Crippen LogP contribution in [0.2, 0.25) is 0 Å². The van der Waals surface area contributed by atoms with Crippen molar-refractivity contribution in [1.82, 2.24) is 4.72 Å². The molecule has 17 heavy (non-hydrogen) atoms. The van der Waals surface area contributed by atoms with Crippen LogP contribution in [0.4, 0.5) is 0 Å². The van der Waals surface area contributed by atoms with Crippen LogP contribution in [0.1, 0.15) is 17.9 Å². The summed E-state index contributed by atoms with van der Waals surface area (Å²) in [6.07, 6.45) is 0.597. The Morgan fingerprint density at radius 3 is 2.76 bits per heavy atom. The first-order valence-corrected chi connectivity index (χ1v) is 6.68. The molecule has 1 aromatic rings. The maximum absolute atomic E-state index is 11.9. The summed E-state index contributed by atoms with van der Waals surface area (Å²) >= 11 is 0. The Morgan fingerprint density at radius 2 is 2.24 bits per heavy atom. The molecule has 1 rings (SSSR count). The Bertz CT molecular complexity index is 451. The molecule has 0 bridgehead atoms. The van der Waals surface area contributed by atoms with E-state index in [9.17, 15) is 8.42 Å². The number of aliphatic hydroxyl groups excluding tert-OH is 1. The highest BCUT2D eigenvalue weighted by atomic mass is 32.2.